The highest BCUT2D eigenvalue weighted by molar-refractivity contribution is 5.95. The number of carbonyl (C=O) groups excluding carboxylic acids is 2. The second-order valence-electron chi connectivity index (χ2n) is 5.01. The molecule has 0 N–H and O–H groups in total. The topological polar surface area (TPSA) is 81.6 Å². The Kier molecular flexibility index (Phi) is 4.85. The second-order valence-corrected chi connectivity index (χ2v) is 5.01. The quantitative estimate of drug-likeness (QED) is 0.755. The van der Waals surface area contributed by atoms with Crippen molar-refractivity contribution in [1.29, 1.82) is 0 Å². The van der Waals surface area contributed by atoms with Gasteiger partial charge in [0.05, 0.1) is 43.2 Å². The van der Waals surface area contributed by atoms with Crippen molar-refractivity contribution >= 4 is 11.9 Å². The van der Waals surface area contributed by atoms with Crippen molar-refractivity contribution in [3.05, 3.63) is 23.0 Å². The lowest BCUT2D eigenvalue weighted by atomic mass is 10.1. The van der Waals surface area contributed by atoms with Crippen molar-refractivity contribution in [2.45, 2.75) is 26.4 Å². The van der Waals surface area contributed by atoms with E-state index in [-0.39, 0.29) is 24.4 Å². The Labute approximate surface area is 123 Å². The third-order valence-corrected chi connectivity index (χ3v) is 3.38. The molecular weight excluding hydrogens is 274 g/mol. The van der Waals surface area contributed by atoms with Crippen LogP contribution in [-0.4, -0.2) is 59.9 Å². The fourth-order valence-corrected chi connectivity index (χ4v) is 2.23. The van der Waals surface area contributed by atoms with Crippen LogP contribution in [0.3, 0.4) is 0 Å². The van der Waals surface area contributed by atoms with Crippen LogP contribution in [0.4, 0.5) is 0 Å². The Morgan fingerprint density at radius 1 is 1.43 bits per heavy atom. The molecule has 0 aliphatic carbocycles. The van der Waals surface area contributed by atoms with Gasteiger partial charge in [-0.05, 0) is 19.9 Å². The van der Waals surface area contributed by atoms with Gasteiger partial charge in [0, 0.05) is 13.1 Å². The minimum absolute atomic E-state index is 0.108. The Morgan fingerprint density at radius 2 is 2.19 bits per heavy atom. The highest BCUT2D eigenvalue weighted by Crippen LogP contribution is 2.15. The summed E-state index contributed by atoms with van der Waals surface area (Å²) in [6.45, 7) is 4.82. The van der Waals surface area contributed by atoms with E-state index in [2.05, 4.69) is 14.9 Å². The van der Waals surface area contributed by atoms with Gasteiger partial charge in [-0.1, -0.05) is 0 Å². The first-order valence-corrected chi connectivity index (χ1v) is 6.80. The molecule has 1 aliphatic heterocycles. The molecule has 0 aromatic carbocycles. The molecule has 0 spiro atoms. The standard InChI is InChI=1S/C14H19N3O4/c1-9-6-12(10(2)16-15-9)14(19)17-4-5-21-11(8-17)7-13(18)20-3/h6,11H,4-5,7-8H2,1-3H3. The Morgan fingerprint density at radius 3 is 2.90 bits per heavy atom. The van der Waals surface area contributed by atoms with Gasteiger partial charge in [0.1, 0.15) is 0 Å². The number of rotatable bonds is 3. The zero-order chi connectivity index (χ0) is 15.4. The van der Waals surface area contributed by atoms with Crippen molar-refractivity contribution < 1.29 is 19.1 Å². The van der Waals surface area contributed by atoms with E-state index in [0.717, 1.165) is 0 Å². The van der Waals surface area contributed by atoms with E-state index in [9.17, 15) is 9.59 Å². The lowest BCUT2D eigenvalue weighted by Crippen LogP contribution is -2.46. The first kappa shape index (κ1) is 15.4. The normalized spacial score (nSPS) is 18.4. The molecule has 7 heteroatoms. The average Bonchev–Trinajstić information content (AvgIpc) is 2.49. The van der Waals surface area contributed by atoms with E-state index < -0.39 is 0 Å². The fraction of sp³-hybridized carbons (Fsp3) is 0.571. The summed E-state index contributed by atoms with van der Waals surface area (Å²) in [5, 5.41) is 7.90. The van der Waals surface area contributed by atoms with Crippen molar-refractivity contribution in [2.24, 2.45) is 0 Å². The molecule has 1 aliphatic rings. The molecule has 21 heavy (non-hydrogen) atoms. The smallest absolute Gasteiger partial charge is 0.308 e. The average molecular weight is 293 g/mol. The Balaban J connectivity index is 2.08. The van der Waals surface area contributed by atoms with Crippen LogP contribution in [0.2, 0.25) is 0 Å². The zero-order valence-electron chi connectivity index (χ0n) is 12.5. The number of morpholine rings is 1. The van der Waals surface area contributed by atoms with Crippen LogP contribution in [-0.2, 0) is 14.3 Å². The van der Waals surface area contributed by atoms with Crippen molar-refractivity contribution in [1.82, 2.24) is 15.1 Å². The van der Waals surface area contributed by atoms with Gasteiger partial charge >= 0.3 is 5.97 Å². The van der Waals surface area contributed by atoms with Crippen LogP contribution in [0.1, 0.15) is 28.2 Å². The maximum atomic E-state index is 12.6. The number of methoxy groups -OCH3 is 1. The molecule has 1 amide bonds. The van der Waals surface area contributed by atoms with Crippen molar-refractivity contribution in [3.8, 4) is 0 Å². The molecule has 1 fully saturated rings. The van der Waals surface area contributed by atoms with Gasteiger partial charge in [-0.2, -0.15) is 10.2 Å². The monoisotopic (exact) mass is 293 g/mol. The van der Waals surface area contributed by atoms with Gasteiger partial charge in [-0.3, -0.25) is 9.59 Å². The van der Waals surface area contributed by atoms with E-state index in [1.807, 2.05) is 0 Å². The number of hydrogen-bond acceptors (Lipinski definition) is 6. The predicted molar refractivity (Wildman–Crippen MR) is 73.8 cm³/mol. The number of aryl methyl sites for hydroxylation is 2. The second kappa shape index (κ2) is 6.62. The maximum absolute atomic E-state index is 12.6. The fourth-order valence-electron chi connectivity index (χ4n) is 2.23. The van der Waals surface area contributed by atoms with E-state index in [4.69, 9.17) is 4.74 Å². The highest BCUT2D eigenvalue weighted by atomic mass is 16.5. The van der Waals surface area contributed by atoms with E-state index in [1.54, 1.807) is 24.8 Å². The number of nitrogens with zero attached hydrogens (tertiary/aromatic N) is 3. The lowest BCUT2D eigenvalue weighted by Gasteiger charge is -2.32. The van der Waals surface area contributed by atoms with Crippen LogP contribution in [0, 0.1) is 13.8 Å². The van der Waals surface area contributed by atoms with Crippen molar-refractivity contribution in [2.75, 3.05) is 26.8 Å². The summed E-state index contributed by atoms with van der Waals surface area (Å²) in [4.78, 5) is 25.5. The van der Waals surface area contributed by atoms with Crippen LogP contribution >= 0.6 is 0 Å². The number of hydrogen-bond donors (Lipinski definition) is 0. The van der Waals surface area contributed by atoms with E-state index in [0.29, 0.717) is 36.6 Å². The summed E-state index contributed by atoms with van der Waals surface area (Å²) in [6.07, 6.45) is -0.182. The van der Waals surface area contributed by atoms with Gasteiger partial charge in [0.25, 0.3) is 5.91 Å². The van der Waals surface area contributed by atoms with Gasteiger partial charge in [-0.25, -0.2) is 0 Å². The first-order valence-electron chi connectivity index (χ1n) is 6.80. The van der Waals surface area contributed by atoms with Crippen LogP contribution < -0.4 is 0 Å². The maximum Gasteiger partial charge on any atom is 0.308 e. The molecule has 1 atom stereocenters. The number of carbonyl (C=O) groups is 2. The zero-order valence-corrected chi connectivity index (χ0v) is 12.5. The number of aromatic nitrogens is 2. The molecule has 7 nitrogen and oxygen atoms in total. The van der Waals surface area contributed by atoms with Gasteiger partial charge in [0.15, 0.2) is 0 Å². The van der Waals surface area contributed by atoms with E-state index in [1.165, 1.54) is 7.11 Å². The molecule has 1 aromatic rings. The van der Waals surface area contributed by atoms with E-state index >= 15 is 0 Å². The number of ether oxygens (including phenoxy) is 2. The third-order valence-electron chi connectivity index (χ3n) is 3.38. The summed E-state index contributed by atoms with van der Waals surface area (Å²) in [5.41, 5.74) is 1.84. The van der Waals surface area contributed by atoms with Gasteiger partial charge < -0.3 is 14.4 Å². The minimum atomic E-state index is -0.341. The summed E-state index contributed by atoms with van der Waals surface area (Å²) >= 11 is 0. The molecule has 0 radical (unpaired) electrons. The molecule has 2 heterocycles. The first-order chi connectivity index (χ1) is 10.0. The number of esters is 1. The molecular formula is C14H19N3O4. The molecule has 0 saturated carbocycles. The van der Waals surface area contributed by atoms with Crippen LogP contribution in [0.25, 0.3) is 0 Å². The lowest BCUT2D eigenvalue weighted by molar-refractivity contribution is -0.145. The molecule has 0 bridgehead atoms. The number of amides is 1. The molecule has 1 unspecified atom stereocenters. The Bertz CT molecular complexity index is 547. The predicted octanol–water partition coefficient (Wildman–Crippen LogP) is 0.498. The molecule has 114 valence electrons. The van der Waals surface area contributed by atoms with Gasteiger partial charge in [0.2, 0.25) is 0 Å². The summed E-state index contributed by atoms with van der Waals surface area (Å²) in [6, 6.07) is 1.73. The summed E-state index contributed by atoms with van der Waals surface area (Å²) in [7, 11) is 1.34. The summed E-state index contributed by atoms with van der Waals surface area (Å²) in [5.74, 6) is -0.449. The highest BCUT2D eigenvalue weighted by Gasteiger charge is 2.28. The van der Waals surface area contributed by atoms with Crippen LogP contribution in [0.5, 0.6) is 0 Å². The molecule has 1 saturated heterocycles. The summed E-state index contributed by atoms with van der Waals surface area (Å²) < 4.78 is 10.1. The third kappa shape index (κ3) is 3.75. The largest absolute Gasteiger partial charge is 0.469 e. The van der Waals surface area contributed by atoms with Crippen LogP contribution in [0.15, 0.2) is 6.07 Å². The SMILES string of the molecule is COC(=O)CC1CN(C(=O)c2cc(C)nnc2C)CCO1. The minimum Gasteiger partial charge on any atom is -0.469 e. The molecule has 2 rings (SSSR count). The van der Waals surface area contributed by atoms with Crippen molar-refractivity contribution in [3.63, 3.8) is 0 Å². The Hall–Kier alpha value is -2.02. The molecule has 1 aromatic heterocycles. The van der Waals surface area contributed by atoms with Gasteiger partial charge in [-0.15, -0.1) is 0 Å².